The van der Waals surface area contributed by atoms with Crippen molar-refractivity contribution in [1.29, 1.82) is 0 Å². The Balaban J connectivity index is 2.22. The van der Waals surface area contributed by atoms with Crippen molar-refractivity contribution >= 4 is 0 Å². The van der Waals surface area contributed by atoms with Crippen LogP contribution in [0.4, 0.5) is 0 Å². The summed E-state index contributed by atoms with van der Waals surface area (Å²) in [5.41, 5.74) is 2.95. The van der Waals surface area contributed by atoms with Gasteiger partial charge in [-0.1, -0.05) is 6.07 Å². The summed E-state index contributed by atoms with van der Waals surface area (Å²) >= 11 is 0. The molecule has 0 saturated heterocycles. The zero-order chi connectivity index (χ0) is 10.2. The molecule has 1 aliphatic rings. The van der Waals surface area contributed by atoms with E-state index in [-0.39, 0.29) is 5.54 Å². The summed E-state index contributed by atoms with van der Waals surface area (Å²) in [6, 6.07) is 4.23. The third-order valence-electron chi connectivity index (χ3n) is 2.91. The lowest BCUT2D eigenvalue weighted by atomic mass is 9.99. The van der Waals surface area contributed by atoms with Crippen molar-refractivity contribution in [2.45, 2.75) is 39.3 Å². The van der Waals surface area contributed by atoms with Gasteiger partial charge in [0.05, 0.1) is 0 Å². The fraction of sp³-hybridized carbons (Fsp3) is 0.583. The topological polar surface area (TPSA) is 16.1 Å². The van der Waals surface area contributed by atoms with Crippen molar-refractivity contribution < 1.29 is 0 Å². The second-order valence-corrected chi connectivity index (χ2v) is 4.95. The minimum atomic E-state index is 0.271. The first-order valence-corrected chi connectivity index (χ1v) is 5.25. The molecule has 0 atom stereocenters. The maximum absolute atomic E-state index is 4.41. The largest absolute Gasteiger partial charge is 0.294 e. The Bertz CT molecular complexity index is 325. The Morgan fingerprint density at radius 2 is 2.14 bits per heavy atom. The highest BCUT2D eigenvalue weighted by Crippen LogP contribution is 2.23. The van der Waals surface area contributed by atoms with E-state index in [1.807, 2.05) is 12.3 Å². The van der Waals surface area contributed by atoms with E-state index in [0.29, 0.717) is 0 Å². The smallest absolute Gasteiger partial charge is 0.0461 e. The van der Waals surface area contributed by atoms with E-state index in [0.717, 1.165) is 19.5 Å². The third kappa shape index (κ3) is 1.80. The highest BCUT2D eigenvalue weighted by Gasteiger charge is 2.25. The summed E-state index contributed by atoms with van der Waals surface area (Å²) < 4.78 is 0. The van der Waals surface area contributed by atoms with Crippen LogP contribution in [0.2, 0.25) is 0 Å². The molecule has 0 amide bonds. The predicted molar refractivity (Wildman–Crippen MR) is 58.1 cm³/mol. The summed E-state index contributed by atoms with van der Waals surface area (Å²) in [4.78, 5) is 6.92. The van der Waals surface area contributed by atoms with Crippen molar-refractivity contribution in [2.75, 3.05) is 6.54 Å². The highest BCUT2D eigenvalue weighted by atomic mass is 15.2. The molecule has 2 heteroatoms. The number of hydrogen-bond acceptors (Lipinski definition) is 2. The van der Waals surface area contributed by atoms with Crippen molar-refractivity contribution in [3.05, 3.63) is 29.6 Å². The average molecular weight is 190 g/mol. The van der Waals surface area contributed by atoms with Gasteiger partial charge in [0.1, 0.15) is 0 Å². The third-order valence-corrected chi connectivity index (χ3v) is 2.91. The van der Waals surface area contributed by atoms with Crippen LogP contribution in [0, 0.1) is 0 Å². The van der Waals surface area contributed by atoms with Crippen LogP contribution in [-0.2, 0) is 13.0 Å². The minimum Gasteiger partial charge on any atom is -0.294 e. The van der Waals surface area contributed by atoms with E-state index >= 15 is 0 Å². The lowest BCUT2D eigenvalue weighted by Gasteiger charge is -2.38. The van der Waals surface area contributed by atoms with Gasteiger partial charge < -0.3 is 0 Å². The maximum Gasteiger partial charge on any atom is 0.0461 e. The molecular formula is C12H18N2. The van der Waals surface area contributed by atoms with Gasteiger partial charge in [-0.15, -0.1) is 0 Å². The molecular weight excluding hydrogens is 172 g/mol. The Labute approximate surface area is 86.0 Å². The van der Waals surface area contributed by atoms with Crippen LogP contribution in [0.25, 0.3) is 0 Å². The van der Waals surface area contributed by atoms with Crippen molar-refractivity contribution in [1.82, 2.24) is 9.88 Å². The Morgan fingerprint density at radius 3 is 2.86 bits per heavy atom. The van der Waals surface area contributed by atoms with E-state index in [1.54, 1.807) is 0 Å². The second-order valence-electron chi connectivity index (χ2n) is 4.95. The Kier molecular flexibility index (Phi) is 2.31. The summed E-state index contributed by atoms with van der Waals surface area (Å²) in [5.74, 6) is 0. The monoisotopic (exact) mass is 190 g/mol. The molecule has 0 saturated carbocycles. The molecule has 0 bridgehead atoms. The summed E-state index contributed by atoms with van der Waals surface area (Å²) in [6.07, 6.45) is 2.99. The molecule has 0 aliphatic carbocycles. The van der Waals surface area contributed by atoms with Crippen LogP contribution in [0.3, 0.4) is 0 Å². The molecule has 2 heterocycles. The van der Waals surface area contributed by atoms with E-state index in [2.05, 4.69) is 36.7 Å². The first-order valence-electron chi connectivity index (χ1n) is 5.25. The van der Waals surface area contributed by atoms with Gasteiger partial charge in [-0.2, -0.15) is 0 Å². The van der Waals surface area contributed by atoms with Crippen molar-refractivity contribution in [2.24, 2.45) is 0 Å². The van der Waals surface area contributed by atoms with Gasteiger partial charge in [0.15, 0.2) is 0 Å². The SMILES string of the molecule is CC(C)(C)N1CCc2ncccc2C1. The molecule has 1 aliphatic heterocycles. The summed E-state index contributed by atoms with van der Waals surface area (Å²) in [5, 5.41) is 0. The lowest BCUT2D eigenvalue weighted by Crippen LogP contribution is -2.44. The number of nitrogens with zero attached hydrogens (tertiary/aromatic N) is 2. The molecule has 76 valence electrons. The van der Waals surface area contributed by atoms with Gasteiger partial charge in [-0.3, -0.25) is 9.88 Å². The van der Waals surface area contributed by atoms with Gasteiger partial charge in [0.25, 0.3) is 0 Å². The Hall–Kier alpha value is -0.890. The van der Waals surface area contributed by atoms with Gasteiger partial charge in [-0.05, 0) is 32.4 Å². The van der Waals surface area contributed by atoms with Crippen LogP contribution in [0.5, 0.6) is 0 Å². The number of rotatable bonds is 0. The fourth-order valence-corrected chi connectivity index (χ4v) is 1.94. The predicted octanol–water partition coefficient (Wildman–Crippen LogP) is 2.24. The molecule has 1 aromatic heterocycles. The standard InChI is InChI=1S/C12H18N2/c1-12(2,3)14-8-6-11-10(9-14)5-4-7-13-11/h4-5,7H,6,8-9H2,1-3H3. The number of hydrogen-bond donors (Lipinski definition) is 0. The zero-order valence-corrected chi connectivity index (χ0v) is 9.25. The molecule has 1 aromatic rings. The number of fused-ring (bicyclic) bond motifs is 1. The molecule has 0 spiro atoms. The van der Waals surface area contributed by atoms with Gasteiger partial charge in [-0.25, -0.2) is 0 Å². The Morgan fingerprint density at radius 1 is 1.36 bits per heavy atom. The van der Waals surface area contributed by atoms with Gasteiger partial charge in [0.2, 0.25) is 0 Å². The molecule has 0 N–H and O–H groups in total. The summed E-state index contributed by atoms with van der Waals surface area (Å²) in [6.45, 7) is 9.00. The molecule has 0 fully saturated rings. The van der Waals surface area contributed by atoms with Crippen molar-refractivity contribution in [3.8, 4) is 0 Å². The minimum absolute atomic E-state index is 0.271. The quantitative estimate of drug-likeness (QED) is 0.623. The zero-order valence-electron chi connectivity index (χ0n) is 9.25. The normalized spacial score (nSPS) is 17.9. The lowest BCUT2D eigenvalue weighted by molar-refractivity contribution is 0.120. The summed E-state index contributed by atoms with van der Waals surface area (Å²) in [7, 11) is 0. The van der Waals surface area contributed by atoms with E-state index < -0.39 is 0 Å². The van der Waals surface area contributed by atoms with Crippen LogP contribution < -0.4 is 0 Å². The van der Waals surface area contributed by atoms with Crippen LogP contribution in [0.1, 0.15) is 32.0 Å². The molecule has 2 nitrogen and oxygen atoms in total. The number of aromatic nitrogens is 1. The van der Waals surface area contributed by atoms with E-state index in [4.69, 9.17) is 0 Å². The van der Waals surface area contributed by atoms with Crippen LogP contribution in [-0.4, -0.2) is 22.0 Å². The molecule has 14 heavy (non-hydrogen) atoms. The molecule has 0 unspecified atom stereocenters. The van der Waals surface area contributed by atoms with Crippen molar-refractivity contribution in [3.63, 3.8) is 0 Å². The first-order chi connectivity index (χ1) is 6.57. The second kappa shape index (κ2) is 3.35. The van der Waals surface area contributed by atoms with E-state index in [1.165, 1.54) is 11.3 Å². The highest BCUT2D eigenvalue weighted by molar-refractivity contribution is 5.22. The van der Waals surface area contributed by atoms with E-state index in [9.17, 15) is 0 Å². The molecule has 2 rings (SSSR count). The fourth-order valence-electron chi connectivity index (χ4n) is 1.94. The van der Waals surface area contributed by atoms with Crippen LogP contribution >= 0.6 is 0 Å². The molecule has 0 radical (unpaired) electrons. The van der Waals surface area contributed by atoms with Gasteiger partial charge >= 0.3 is 0 Å². The first kappa shape index (κ1) is 9.66. The van der Waals surface area contributed by atoms with Gasteiger partial charge in [0, 0.05) is 36.9 Å². The molecule has 0 aromatic carbocycles. The maximum atomic E-state index is 4.41. The van der Waals surface area contributed by atoms with Crippen LogP contribution in [0.15, 0.2) is 18.3 Å². The number of pyridine rings is 1. The average Bonchev–Trinajstić information content (AvgIpc) is 2.16.